The minimum atomic E-state index is -1.48. The van der Waals surface area contributed by atoms with Gasteiger partial charge in [0.1, 0.15) is 0 Å². The summed E-state index contributed by atoms with van der Waals surface area (Å²) in [5, 5.41) is 16.0. The lowest BCUT2D eigenvalue weighted by Crippen LogP contribution is -2.55. The van der Waals surface area contributed by atoms with Crippen molar-refractivity contribution in [3.8, 4) is 5.69 Å². The average molecular weight is 317 g/mol. The summed E-state index contributed by atoms with van der Waals surface area (Å²) in [6.07, 6.45) is 1.82. The molecule has 0 bridgehead atoms. The number of amides is 1. The van der Waals surface area contributed by atoms with Crippen molar-refractivity contribution in [3.05, 3.63) is 47.8 Å². The van der Waals surface area contributed by atoms with Crippen molar-refractivity contribution < 1.29 is 19.4 Å². The van der Waals surface area contributed by atoms with Gasteiger partial charge in [0, 0.05) is 18.9 Å². The van der Waals surface area contributed by atoms with Gasteiger partial charge in [-0.2, -0.15) is 5.10 Å². The van der Waals surface area contributed by atoms with Crippen LogP contribution < -0.4 is 5.32 Å². The number of aromatic nitrogens is 2. The standard InChI is InChI=1S/C16H19N3O4/c1-11-8-9-19(18-11)13-6-4-12(5-7-13)14(20)17-16(2,10-23-3)15(21)22/h4-9H,10H2,1-3H3,(H,17,20)(H,21,22). The Labute approximate surface area is 133 Å². The van der Waals surface area contributed by atoms with E-state index in [0.29, 0.717) is 5.56 Å². The normalized spacial score (nSPS) is 13.3. The number of nitrogens with one attached hydrogen (secondary N) is 1. The number of benzene rings is 1. The van der Waals surface area contributed by atoms with Gasteiger partial charge in [0.15, 0.2) is 5.54 Å². The van der Waals surface area contributed by atoms with Gasteiger partial charge in [-0.05, 0) is 44.2 Å². The smallest absolute Gasteiger partial charge is 0.331 e. The SMILES string of the molecule is COCC(C)(NC(=O)c1ccc(-n2ccc(C)n2)cc1)C(=O)O. The summed E-state index contributed by atoms with van der Waals surface area (Å²) in [7, 11) is 1.38. The fourth-order valence-corrected chi connectivity index (χ4v) is 2.09. The minimum Gasteiger partial charge on any atom is -0.479 e. The molecule has 2 rings (SSSR count). The molecule has 1 heterocycles. The number of carboxylic acid groups (broad SMARTS) is 1. The van der Waals surface area contributed by atoms with E-state index in [1.54, 1.807) is 28.9 Å². The number of nitrogens with zero attached hydrogens (tertiary/aromatic N) is 2. The first kappa shape index (κ1) is 16.7. The number of hydrogen-bond acceptors (Lipinski definition) is 4. The quantitative estimate of drug-likeness (QED) is 0.840. The predicted octanol–water partition coefficient (Wildman–Crippen LogP) is 1.40. The van der Waals surface area contributed by atoms with Crippen LogP contribution in [-0.4, -0.2) is 46.0 Å². The third-order valence-electron chi connectivity index (χ3n) is 3.41. The Morgan fingerprint density at radius 2 is 1.96 bits per heavy atom. The average Bonchev–Trinajstić information content (AvgIpc) is 2.94. The summed E-state index contributed by atoms with van der Waals surface area (Å²) in [6, 6.07) is 8.61. The Morgan fingerprint density at radius 1 is 1.30 bits per heavy atom. The van der Waals surface area contributed by atoms with E-state index < -0.39 is 17.4 Å². The second kappa shape index (κ2) is 6.62. The Morgan fingerprint density at radius 3 is 2.43 bits per heavy atom. The second-order valence-corrected chi connectivity index (χ2v) is 5.47. The van der Waals surface area contributed by atoms with Gasteiger partial charge in [-0.15, -0.1) is 0 Å². The number of rotatable bonds is 6. The molecule has 0 aliphatic heterocycles. The van der Waals surface area contributed by atoms with Crippen LogP contribution in [0.15, 0.2) is 36.5 Å². The van der Waals surface area contributed by atoms with E-state index >= 15 is 0 Å². The van der Waals surface area contributed by atoms with Crippen molar-refractivity contribution >= 4 is 11.9 Å². The minimum absolute atomic E-state index is 0.126. The van der Waals surface area contributed by atoms with Crippen molar-refractivity contribution in [1.82, 2.24) is 15.1 Å². The van der Waals surface area contributed by atoms with Gasteiger partial charge >= 0.3 is 5.97 Å². The van der Waals surface area contributed by atoms with Crippen LogP contribution in [0.4, 0.5) is 0 Å². The van der Waals surface area contributed by atoms with Crippen LogP contribution in [-0.2, 0) is 9.53 Å². The topological polar surface area (TPSA) is 93.5 Å². The molecule has 122 valence electrons. The first-order valence-corrected chi connectivity index (χ1v) is 7.03. The highest BCUT2D eigenvalue weighted by Crippen LogP contribution is 2.12. The van der Waals surface area contributed by atoms with Gasteiger partial charge in [-0.3, -0.25) is 4.79 Å². The van der Waals surface area contributed by atoms with Crippen molar-refractivity contribution in [2.75, 3.05) is 13.7 Å². The van der Waals surface area contributed by atoms with E-state index in [4.69, 9.17) is 4.74 Å². The monoisotopic (exact) mass is 317 g/mol. The molecule has 0 aliphatic carbocycles. The van der Waals surface area contributed by atoms with Crippen molar-refractivity contribution in [3.63, 3.8) is 0 Å². The number of aliphatic carboxylic acids is 1. The van der Waals surface area contributed by atoms with E-state index in [0.717, 1.165) is 11.4 Å². The number of carbonyl (C=O) groups is 2. The molecule has 1 aromatic heterocycles. The van der Waals surface area contributed by atoms with E-state index in [1.807, 2.05) is 19.2 Å². The first-order chi connectivity index (χ1) is 10.9. The largest absolute Gasteiger partial charge is 0.479 e. The lowest BCUT2D eigenvalue weighted by Gasteiger charge is -2.25. The highest BCUT2D eigenvalue weighted by Gasteiger charge is 2.35. The van der Waals surface area contributed by atoms with Gasteiger partial charge in [-0.25, -0.2) is 9.48 Å². The van der Waals surface area contributed by atoms with Crippen molar-refractivity contribution in [2.24, 2.45) is 0 Å². The van der Waals surface area contributed by atoms with Gasteiger partial charge in [-0.1, -0.05) is 0 Å². The van der Waals surface area contributed by atoms with E-state index in [2.05, 4.69) is 10.4 Å². The van der Waals surface area contributed by atoms with Crippen LogP contribution in [0.3, 0.4) is 0 Å². The molecular weight excluding hydrogens is 298 g/mol. The van der Waals surface area contributed by atoms with Crippen LogP contribution in [0.1, 0.15) is 23.0 Å². The van der Waals surface area contributed by atoms with Gasteiger partial charge < -0.3 is 15.2 Å². The zero-order valence-corrected chi connectivity index (χ0v) is 13.2. The molecule has 0 saturated carbocycles. The van der Waals surface area contributed by atoms with Gasteiger partial charge in [0.25, 0.3) is 5.91 Å². The van der Waals surface area contributed by atoms with Crippen molar-refractivity contribution in [1.29, 1.82) is 0 Å². The predicted molar refractivity (Wildman–Crippen MR) is 83.7 cm³/mol. The van der Waals surface area contributed by atoms with Crippen LogP contribution >= 0.6 is 0 Å². The lowest BCUT2D eigenvalue weighted by atomic mass is 10.0. The molecule has 0 radical (unpaired) electrons. The first-order valence-electron chi connectivity index (χ1n) is 7.03. The Balaban J connectivity index is 2.15. The highest BCUT2D eigenvalue weighted by molar-refractivity contribution is 5.97. The summed E-state index contributed by atoms with van der Waals surface area (Å²) in [5.74, 6) is -1.63. The molecule has 0 aliphatic rings. The summed E-state index contributed by atoms with van der Waals surface area (Å²) < 4.78 is 6.57. The zero-order valence-electron chi connectivity index (χ0n) is 13.2. The number of carboxylic acids is 1. The maximum Gasteiger partial charge on any atom is 0.331 e. The molecule has 7 nitrogen and oxygen atoms in total. The number of ether oxygens (including phenoxy) is 1. The molecule has 1 unspecified atom stereocenters. The number of methoxy groups -OCH3 is 1. The molecule has 0 fully saturated rings. The van der Waals surface area contributed by atoms with Gasteiger partial charge in [0.2, 0.25) is 0 Å². The molecule has 0 spiro atoms. The van der Waals surface area contributed by atoms with Crippen LogP contribution in [0, 0.1) is 6.92 Å². The molecule has 2 N–H and O–H groups in total. The summed E-state index contributed by atoms with van der Waals surface area (Å²) in [4.78, 5) is 23.6. The van der Waals surface area contributed by atoms with Crippen LogP contribution in [0.25, 0.3) is 5.69 Å². The molecule has 2 aromatic rings. The van der Waals surface area contributed by atoms with Crippen LogP contribution in [0.2, 0.25) is 0 Å². The molecular formula is C16H19N3O4. The number of carbonyl (C=O) groups excluding carboxylic acids is 1. The Kier molecular flexibility index (Phi) is 4.80. The Bertz CT molecular complexity index is 708. The maximum atomic E-state index is 12.2. The fraction of sp³-hybridized carbons (Fsp3) is 0.312. The molecule has 7 heteroatoms. The second-order valence-electron chi connectivity index (χ2n) is 5.47. The third-order valence-corrected chi connectivity index (χ3v) is 3.41. The molecule has 1 amide bonds. The van der Waals surface area contributed by atoms with E-state index in [1.165, 1.54) is 14.0 Å². The lowest BCUT2D eigenvalue weighted by molar-refractivity contribution is -0.145. The molecule has 23 heavy (non-hydrogen) atoms. The van der Waals surface area contributed by atoms with Crippen LogP contribution in [0.5, 0.6) is 0 Å². The Hall–Kier alpha value is -2.67. The fourth-order valence-electron chi connectivity index (χ4n) is 2.09. The molecule has 1 atom stereocenters. The highest BCUT2D eigenvalue weighted by atomic mass is 16.5. The number of aryl methyl sites for hydroxylation is 1. The van der Waals surface area contributed by atoms with E-state index in [-0.39, 0.29) is 6.61 Å². The number of hydrogen-bond donors (Lipinski definition) is 2. The van der Waals surface area contributed by atoms with E-state index in [9.17, 15) is 14.7 Å². The molecule has 0 saturated heterocycles. The van der Waals surface area contributed by atoms with Gasteiger partial charge in [0.05, 0.1) is 18.0 Å². The summed E-state index contributed by atoms with van der Waals surface area (Å²) >= 11 is 0. The van der Waals surface area contributed by atoms with Crippen molar-refractivity contribution in [2.45, 2.75) is 19.4 Å². The molecule has 1 aromatic carbocycles. The summed E-state index contributed by atoms with van der Waals surface area (Å²) in [5.41, 5.74) is 0.584. The third kappa shape index (κ3) is 3.75. The zero-order chi connectivity index (χ0) is 17.0. The summed E-state index contributed by atoms with van der Waals surface area (Å²) in [6.45, 7) is 3.16. The maximum absolute atomic E-state index is 12.2.